The number of hydrogen-bond acceptors (Lipinski definition) is 4. The third-order valence-electron chi connectivity index (χ3n) is 2.53. The minimum Gasteiger partial charge on any atom is -0.481 e. The molecule has 0 aromatic heterocycles. The summed E-state index contributed by atoms with van der Waals surface area (Å²) < 4.78 is 5.44. The number of aryl methyl sites for hydroxylation is 1. The van der Waals surface area contributed by atoms with E-state index in [1.54, 1.807) is 25.1 Å². The largest absolute Gasteiger partial charge is 0.481 e. The topological polar surface area (TPSA) is 102 Å². The van der Waals surface area contributed by atoms with Crippen molar-refractivity contribution in [2.24, 2.45) is 5.73 Å². The molecule has 0 fully saturated rings. The number of amides is 3. The molecule has 6 heteroatoms. The average molecular weight is 266 g/mol. The molecule has 6 nitrogen and oxygen atoms in total. The number of carbonyl (C=O) groups is 2. The lowest BCUT2D eigenvalue weighted by Crippen LogP contribution is -2.42. The van der Waals surface area contributed by atoms with Crippen molar-refractivity contribution >= 4 is 11.9 Å². The van der Waals surface area contributed by atoms with Crippen LogP contribution in [0.5, 0.6) is 5.75 Å². The second-order valence-corrected chi connectivity index (χ2v) is 4.33. The van der Waals surface area contributed by atoms with Crippen molar-refractivity contribution in [3.8, 4) is 5.75 Å². The molecule has 2 atom stereocenters. The molecule has 0 radical (unpaired) electrons. The zero-order chi connectivity index (χ0) is 14.6. The van der Waals surface area contributed by atoms with Gasteiger partial charge in [-0.1, -0.05) is 11.6 Å². The average Bonchev–Trinajstić information content (AvgIpc) is 2.30. The van der Waals surface area contributed by atoms with E-state index >= 15 is 0 Å². The van der Waals surface area contributed by atoms with Crippen LogP contribution in [0.1, 0.15) is 31.1 Å². The van der Waals surface area contributed by atoms with Crippen LogP contribution in [-0.4, -0.2) is 23.1 Å². The maximum absolute atomic E-state index is 11.5. The first-order chi connectivity index (χ1) is 8.81. The Balaban J connectivity index is 2.87. The number of aliphatic hydroxyl groups excluding tert-OH is 1. The van der Waals surface area contributed by atoms with Gasteiger partial charge < -0.3 is 15.6 Å². The predicted molar refractivity (Wildman–Crippen MR) is 69.6 cm³/mol. The number of urea groups is 1. The van der Waals surface area contributed by atoms with Crippen molar-refractivity contribution in [1.82, 2.24) is 5.32 Å². The molecule has 0 spiro atoms. The molecule has 0 aliphatic rings. The molecule has 3 amide bonds. The van der Waals surface area contributed by atoms with Gasteiger partial charge in [-0.3, -0.25) is 10.1 Å². The summed E-state index contributed by atoms with van der Waals surface area (Å²) in [5, 5.41) is 11.6. The Hall–Kier alpha value is -2.08. The first-order valence-electron chi connectivity index (χ1n) is 5.87. The van der Waals surface area contributed by atoms with E-state index in [0.717, 1.165) is 5.56 Å². The predicted octanol–water partition coefficient (Wildman–Crippen LogP) is 1.01. The van der Waals surface area contributed by atoms with Gasteiger partial charge in [-0.2, -0.15) is 0 Å². The summed E-state index contributed by atoms with van der Waals surface area (Å²) >= 11 is 0. The number of rotatable bonds is 4. The van der Waals surface area contributed by atoms with Crippen LogP contribution >= 0.6 is 0 Å². The number of aliphatic hydroxyl groups is 1. The fraction of sp³-hybridized carbons (Fsp3) is 0.385. The standard InChI is InChI=1S/C13H18N2O4/c1-7-4-5-11(10(6-7)8(2)16)19-9(3)12(17)15-13(14)18/h4-6,8-9,16H,1-3H3,(H3,14,15,17,18)/t8-,9?/m1/s1. The smallest absolute Gasteiger partial charge is 0.318 e. The number of hydrogen-bond donors (Lipinski definition) is 3. The van der Waals surface area contributed by atoms with Crippen LogP contribution in [0.3, 0.4) is 0 Å². The maximum Gasteiger partial charge on any atom is 0.318 e. The molecular weight excluding hydrogens is 248 g/mol. The molecule has 0 saturated carbocycles. The van der Waals surface area contributed by atoms with Gasteiger partial charge in [0.15, 0.2) is 6.10 Å². The minimum atomic E-state index is -0.930. The van der Waals surface area contributed by atoms with Crippen molar-refractivity contribution in [3.05, 3.63) is 29.3 Å². The van der Waals surface area contributed by atoms with Gasteiger partial charge >= 0.3 is 6.03 Å². The minimum absolute atomic E-state index is 0.396. The second-order valence-electron chi connectivity index (χ2n) is 4.33. The van der Waals surface area contributed by atoms with Crippen LogP contribution in [0.15, 0.2) is 18.2 Å². The van der Waals surface area contributed by atoms with Crippen molar-refractivity contribution in [2.45, 2.75) is 33.0 Å². The summed E-state index contributed by atoms with van der Waals surface area (Å²) in [5.74, 6) is -0.239. The Morgan fingerprint density at radius 2 is 2.00 bits per heavy atom. The Bertz CT molecular complexity index is 486. The molecule has 0 saturated heterocycles. The normalized spacial score (nSPS) is 13.5. The molecule has 1 aromatic carbocycles. The van der Waals surface area contributed by atoms with Crippen LogP contribution in [0.2, 0.25) is 0 Å². The molecular formula is C13H18N2O4. The highest BCUT2D eigenvalue weighted by molar-refractivity contribution is 5.95. The van der Waals surface area contributed by atoms with Gasteiger partial charge in [-0.25, -0.2) is 4.79 Å². The SMILES string of the molecule is Cc1ccc(OC(C)C(=O)NC(N)=O)c([C@@H](C)O)c1. The Morgan fingerprint density at radius 3 is 2.53 bits per heavy atom. The van der Waals surface area contributed by atoms with E-state index < -0.39 is 24.1 Å². The van der Waals surface area contributed by atoms with Crippen molar-refractivity contribution < 1.29 is 19.4 Å². The van der Waals surface area contributed by atoms with E-state index in [0.29, 0.717) is 11.3 Å². The zero-order valence-electron chi connectivity index (χ0n) is 11.1. The molecule has 19 heavy (non-hydrogen) atoms. The lowest BCUT2D eigenvalue weighted by molar-refractivity contribution is -0.126. The highest BCUT2D eigenvalue weighted by atomic mass is 16.5. The number of benzene rings is 1. The molecule has 1 aromatic rings. The summed E-state index contributed by atoms with van der Waals surface area (Å²) in [6.07, 6.45) is -1.62. The van der Waals surface area contributed by atoms with Crippen LogP contribution in [0, 0.1) is 6.92 Å². The van der Waals surface area contributed by atoms with Gasteiger partial charge in [0.1, 0.15) is 5.75 Å². The molecule has 0 aliphatic heterocycles. The van der Waals surface area contributed by atoms with Gasteiger partial charge in [0.25, 0.3) is 5.91 Å². The summed E-state index contributed by atoms with van der Waals surface area (Å²) in [7, 11) is 0. The molecule has 0 bridgehead atoms. The van der Waals surface area contributed by atoms with Crippen LogP contribution in [0.25, 0.3) is 0 Å². The van der Waals surface area contributed by atoms with Gasteiger partial charge in [-0.15, -0.1) is 0 Å². The molecule has 1 rings (SSSR count). The highest BCUT2D eigenvalue weighted by Crippen LogP contribution is 2.27. The van der Waals surface area contributed by atoms with Gasteiger partial charge in [-0.05, 0) is 32.9 Å². The molecule has 4 N–H and O–H groups in total. The molecule has 0 heterocycles. The van der Waals surface area contributed by atoms with E-state index in [2.05, 4.69) is 0 Å². The first kappa shape index (κ1) is 15.0. The van der Waals surface area contributed by atoms with Crippen LogP contribution in [-0.2, 0) is 4.79 Å². The quantitative estimate of drug-likeness (QED) is 0.756. The zero-order valence-corrected chi connectivity index (χ0v) is 11.1. The Labute approximate surface area is 111 Å². The molecule has 104 valence electrons. The number of imide groups is 1. The maximum atomic E-state index is 11.5. The van der Waals surface area contributed by atoms with Crippen LogP contribution < -0.4 is 15.8 Å². The monoisotopic (exact) mass is 266 g/mol. The van der Waals surface area contributed by atoms with E-state index in [4.69, 9.17) is 10.5 Å². The highest BCUT2D eigenvalue weighted by Gasteiger charge is 2.18. The Morgan fingerprint density at radius 1 is 1.37 bits per heavy atom. The summed E-state index contributed by atoms with van der Waals surface area (Å²) in [5.41, 5.74) is 6.41. The van der Waals surface area contributed by atoms with E-state index in [-0.39, 0.29) is 0 Å². The first-order valence-corrected chi connectivity index (χ1v) is 5.87. The van der Waals surface area contributed by atoms with E-state index in [1.165, 1.54) is 6.92 Å². The summed E-state index contributed by atoms with van der Waals surface area (Å²) in [4.78, 5) is 22.1. The van der Waals surface area contributed by atoms with Crippen LogP contribution in [0.4, 0.5) is 4.79 Å². The number of nitrogens with one attached hydrogen (secondary N) is 1. The van der Waals surface area contributed by atoms with Crippen molar-refractivity contribution in [2.75, 3.05) is 0 Å². The van der Waals surface area contributed by atoms with Gasteiger partial charge in [0.2, 0.25) is 0 Å². The van der Waals surface area contributed by atoms with E-state index in [9.17, 15) is 14.7 Å². The van der Waals surface area contributed by atoms with Gasteiger partial charge in [0, 0.05) is 5.56 Å². The fourth-order valence-corrected chi connectivity index (χ4v) is 1.57. The van der Waals surface area contributed by atoms with E-state index in [1.807, 2.05) is 12.2 Å². The summed E-state index contributed by atoms with van der Waals surface area (Å²) in [6, 6.07) is 4.32. The van der Waals surface area contributed by atoms with Crippen molar-refractivity contribution in [3.63, 3.8) is 0 Å². The van der Waals surface area contributed by atoms with Crippen molar-refractivity contribution in [1.29, 1.82) is 0 Å². The number of nitrogens with two attached hydrogens (primary N) is 1. The molecule has 1 unspecified atom stereocenters. The van der Waals surface area contributed by atoms with Gasteiger partial charge in [0.05, 0.1) is 6.10 Å². The third-order valence-corrected chi connectivity index (χ3v) is 2.53. The Kier molecular flexibility index (Phi) is 4.88. The number of ether oxygens (including phenoxy) is 1. The fourth-order valence-electron chi connectivity index (χ4n) is 1.57. The number of primary amides is 1. The summed E-state index contributed by atoms with van der Waals surface area (Å²) in [6.45, 7) is 4.98. The lowest BCUT2D eigenvalue weighted by Gasteiger charge is -2.18. The molecule has 0 aliphatic carbocycles. The third kappa shape index (κ3) is 4.26. The lowest BCUT2D eigenvalue weighted by atomic mass is 10.1. The second kappa shape index (κ2) is 6.19. The number of carbonyl (C=O) groups excluding carboxylic acids is 2.